The number of hydrogen-bond donors (Lipinski definition) is 1. The second-order valence-corrected chi connectivity index (χ2v) is 5.48. The van der Waals surface area contributed by atoms with Crippen LogP contribution < -0.4 is 0 Å². The molecule has 0 aliphatic heterocycles. The molecule has 1 aliphatic carbocycles. The zero-order chi connectivity index (χ0) is 14.7. The van der Waals surface area contributed by atoms with Crippen molar-refractivity contribution in [1.29, 1.82) is 0 Å². The molecule has 2 atom stereocenters. The van der Waals surface area contributed by atoms with Crippen molar-refractivity contribution in [2.24, 2.45) is 11.8 Å². The van der Waals surface area contributed by atoms with Gasteiger partial charge in [0.15, 0.2) is 0 Å². The van der Waals surface area contributed by atoms with Gasteiger partial charge in [-0.2, -0.15) is 0 Å². The van der Waals surface area contributed by atoms with Crippen LogP contribution in [0.3, 0.4) is 0 Å². The van der Waals surface area contributed by atoms with Gasteiger partial charge in [-0.05, 0) is 31.4 Å². The van der Waals surface area contributed by atoms with Crippen molar-refractivity contribution >= 4 is 23.5 Å². The summed E-state index contributed by atoms with van der Waals surface area (Å²) in [5, 5.41) is 9.68. The summed E-state index contributed by atoms with van der Waals surface area (Å²) in [5.41, 5.74) is 0.885. The van der Waals surface area contributed by atoms with Crippen molar-refractivity contribution in [2.75, 3.05) is 6.54 Å². The third kappa shape index (κ3) is 2.96. The van der Waals surface area contributed by atoms with Crippen molar-refractivity contribution in [3.8, 4) is 0 Å². The Hall–Kier alpha value is -1.55. The zero-order valence-electron chi connectivity index (χ0n) is 11.4. The van der Waals surface area contributed by atoms with Gasteiger partial charge < -0.3 is 10.0 Å². The maximum absolute atomic E-state index is 12.4. The lowest BCUT2D eigenvalue weighted by Gasteiger charge is -2.36. The average molecular weight is 296 g/mol. The summed E-state index contributed by atoms with van der Waals surface area (Å²) in [5.74, 6) is -1.85. The molecule has 1 N–H and O–H groups in total. The van der Waals surface area contributed by atoms with E-state index in [1.807, 2.05) is 25.1 Å². The molecule has 20 heavy (non-hydrogen) atoms. The first-order valence-corrected chi connectivity index (χ1v) is 7.17. The highest BCUT2D eigenvalue weighted by molar-refractivity contribution is 6.31. The Kier molecular flexibility index (Phi) is 4.65. The van der Waals surface area contributed by atoms with E-state index < -0.39 is 11.9 Å². The monoisotopic (exact) mass is 295 g/mol. The lowest BCUT2D eigenvalue weighted by Crippen LogP contribution is -2.45. The smallest absolute Gasteiger partial charge is 0.307 e. The fourth-order valence-corrected chi connectivity index (χ4v) is 2.70. The highest BCUT2D eigenvalue weighted by atomic mass is 35.5. The van der Waals surface area contributed by atoms with Gasteiger partial charge in [-0.25, -0.2) is 0 Å². The zero-order valence-corrected chi connectivity index (χ0v) is 12.1. The fourth-order valence-electron chi connectivity index (χ4n) is 2.50. The molecule has 1 saturated carbocycles. The van der Waals surface area contributed by atoms with Gasteiger partial charge in [-0.3, -0.25) is 9.59 Å². The van der Waals surface area contributed by atoms with Crippen LogP contribution in [0.5, 0.6) is 0 Å². The standard InChI is InChI=1S/C15H18ClNO3/c1-2-17(9-10-5-3-4-6-13(10)16)14(18)11-7-8-12(11)15(19)20/h3-6,11-12H,2,7-9H2,1H3,(H,19,20). The number of benzene rings is 1. The molecule has 1 aromatic carbocycles. The second kappa shape index (κ2) is 6.27. The normalized spacial score (nSPS) is 21.1. The van der Waals surface area contributed by atoms with Crippen LogP contribution in [-0.4, -0.2) is 28.4 Å². The first-order chi connectivity index (χ1) is 9.54. The molecule has 1 aromatic rings. The van der Waals surface area contributed by atoms with Crippen LogP contribution in [0.15, 0.2) is 24.3 Å². The maximum atomic E-state index is 12.4. The third-order valence-corrected chi connectivity index (χ3v) is 4.29. The van der Waals surface area contributed by atoms with E-state index in [9.17, 15) is 9.59 Å². The number of aliphatic carboxylic acids is 1. The summed E-state index contributed by atoms with van der Waals surface area (Å²) in [6.07, 6.45) is 1.25. The van der Waals surface area contributed by atoms with Crippen LogP contribution >= 0.6 is 11.6 Å². The molecule has 108 valence electrons. The number of carboxylic acid groups (broad SMARTS) is 1. The second-order valence-electron chi connectivity index (χ2n) is 5.07. The average Bonchev–Trinajstić information content (AvgIpc) is 2.35. The number of rotatable bonds is 5. The van der Waals surface area contributed by atoms with Crippen molar-refractivity contribution in [3.63, 3.8) is 0 Å². The molecule has 0 radical (unpaired) electrons. The summed E-state index contributed by atoms with van der Waals surface area (Å²) in [6.45, 7) is 2.87. The minimum absolute atomic E-state index is 0.0777. The maximum Gasteiger partial charge on any atom is 0.307 e. The quantitative estimate of drug-likeness (QED) is 0.909. The number of hydrogen-bond acceptors (Lipinski definition) is 2. The Bertz CT molecular complexity index is 518. The first-order valence-electron chi connectivity index (χ1n) is 6.79. The van der Waals surface area contributed by atoms with Crippen LogP contribution in [0.1, 0.15) is 25.3 Å². The van der Waals surface area contributed by atoms with Crippen LogP contribution in [0, 0.1) is 11.8 Å². The van der Waals surface area contributed by atoms with E-state index in [0.29, 0.717) is 31.0 Å². The SMILES string of the molecule is CCN(Cc1ccccc1Cl)C(=O)C1CCC1C(=O)O. The minimum Gasteiger partial charge on any atom is -0.481 e. The summed E-state index contributed by atoms with van der Waals surface area (Å²) in [7, 11) is 0. The van der Waals surface area contributed by atoms with Gasteiger partial charge >= 0.3 is 5.97 Å². The van der Waals surface area contributed by atoms with Gasteiger partial charge in [0, 0.05) is 18.1 Å². The molecule has 0 bridgehead atoms. The van der Waals surface area contributed by atoms with E-state index in [1.165, 1.54) is 0 Å². The van der Waals surface area contributed by atoms with E-state index in [-0.39, 0.29) is 11.8 Å². The molecule has 0 spiro atoms. The number of halogens is 1. The Morgan fingerprint density at radius 2 is 1.95 bits per heavy atom. The molecule has 0 aromatic heterocycles. The molecule has 2 unspecified atom stereocenters. The fraction of sp³-hybridized carbons (Fsp3) is 0.467. The lowest BCUT2D eigenvalue weighted by molar-refractivity contribution is -0.156. The Morgan fingerprint density at radius 3 is 2.45 bits per heavy atom. The Morgan fingerprint density at radius 1 is 1.30 bits per heavy atom. The number of carboxylic acids is 1. The Balaban J connectivity index is 2.07. The summed E-state index contributed by atoms with van der Waals surface area (Å²) < 4.78 is 0. The molecule has 0 saturated heterocycles. The summed E-state index contributed by atoms with van der Waals surface area (Å²) in [6, 6.07) is 7.39. The number of amides is 1. The van der Waals surface area contributed by atoms with Gasteiger partial charge in [-0.1, -0.05) is 29.8 Å². The molecule has 0 heterocycles. The van der Waals surface area contributed by atoms with E-state index in [1.54, 1.807) is 11.0 Å². The van der Waals surface area contributed by atoms with Crippen molar-refractivity contribution in [1.82, 2.24) is 4.90 Å². The van der Waals surface area contributed by atoms with Gasteiger partial charge in [0.25, 0.3) is 0 Å². The van der Waals surface area contributed by atoms with Crippen LogP contribution in [0.2, 0.25) is 5.02 Å². The lowest BCUT2D eigenvalue weighted by atomic mass is 9.73. The van der Waals surface area contributed by atoms with Crippen LogP contribution in [-0.2, 0) is 16.1 Å². The predicted molar refractivity (Wildman–Crippen MR) is 76.4 cm³/mol. The van der Waals surface area contributed by atoms with Crippen LogP contribution in [0.4, 0.5) is 0 Å². The van der Waals surface area contributed by atoms with Gasteiger partial charge in [0.2, 0.25) is 5.91 Å². The Labute approximate surface area is 123 Å². The van der Waals surface area contributed by atoms with E-state index >= 15 is 0 Å². The van der Waals surface area contributed by atoms with Gasteiger partial charge in [0.05, 0.1) is 11.8 Å². The van der Waals surface area contributed by atoms with E-state index in [0.717, 1.165) is 5.56 Å². The number of nitrogens with zero attached hydrogens (tertiary/aromatic N) is 1. The highest BCUT2D eigenvalue weighted by Gasteiger charge is 2.42. The van der Waals surface area contributed by atoms with Gasteiger partial charge in [0.1, 0.15) is 0 Å². The number of carbonyl (C=O) groups excluding carboxylic acids is 1. The van der Waals surface area contributed by atoms with Crippen molar-refractivity contribution < 1.29 is 14.7 Å². The molecule has 5 heteroatoms. The van der Waals surface area contributed by atoms with E-state index in [4.69, 9.17) is 16.7 Å². The molecule has 1 fully saturated rings. The van der Waals surface area contributed by atoms with Gasteiger partial charge in [-0.15, -0.1) is 0 Å². The minimum atomic E-state index is -0.872. The summed E-state index contributed by atoms with van der Waals surface area (Å²) in [4.78, 5) is 25.1. The molecule has 1 amide bonds. The summed E-state index contributed by atoms with van der Waals surface area (Å²) >= 11 is 6.10. The molecule has 4 nitrogen and oxygen atoms in total. The van der Waals surface area contributed by atoms with Crippen molar-refractivity contribution in [2.45, 2.75) is 26.3 Å². The van der Waals surface area contributed by atoms with E-state index in [2.05, 4.69) is 0 Å². The first kappa shape index (κ1) is 14.9. The topological polar surface area (TPSA) is 57.6 Å². The molecule has 2 rings (SSSR count). The number of carbonyl (C=O) groups is 2. The van der Waals surface area contributed by atoms with Crippen LogP contribution in [0.25, 0.3) is 0 Å². The van der Waals surface area contributed by atoms with Crippen molar-refractivity contribution in [3.05, 3.63) is 34.9 Å². The largest absolute Gasteiger partial charge is 0.481 e. The predicted octanol–water partition coefficient (Wildman–Crippen LogP) is 2.80. The highest BCUT2D eigenvalue weighted by Crippen LogP contribution is 2.36. The third-order valence-electron chi connectivity index (χ3n) is 3.92. The molecule has 1 aliphatic rings. The molecular formula is C15H18ClNO3. The molecular weight excluding hydrogens is 278 g/mol.